The highest BCUT2D eigenvalue weighted by molar-refractivity contribution is 6.33. The molecule has 1 aromatic carbocycles. The second-order valence-electron chi connectivity index (χ2n) is 3.80. The predicted molar refractivity (Wildman–Crippen MR) is 71.6 cm³/mol. The van der Waals surface area contributed by atoms with E-state index in [1.54, 1.807) is 0 Å². The summed E-state index contributed by atoms with van der Waals surface area (Å²) >= 11 is 6.16. The molecule has 0 atom stereocenters. The number of nitrogen functional groups attached to an aromatic ring is 1. The van der Waals surface area contributed by atoms with Gasteiger partial charge < -0.3 is 15.0 Å². The molecular weight excluding hydrogens is 252 g/mol. The van der Waals surface area contributed by atoms with Gasteiger partial charge in [-0.3, -0.25) is 0 Å². The molecule has 0 aliphatic heterocycles. The molecule has 0 aliphatic carbocycles. The Kier molecular flexibility index (Phi) is 4.23. The molecule has 0 unspecified atom stereocenters. The van der Waals surface area contributed by atoms with Gasteiger partial charge in [0.25, 0.3) is 0 Å². The zero-order chi connectivity index (χ0) is 13.0. The molecule has 0 fully saturated rings. The first-order valence-corrected chi connectivity index (χ1v) is 6.18. The van der Waals surface area contributed by atoms with E-state index >= 15 is 0 Å². The summed E-state index contributed by atoms with van der Waals surface area (Å²) in [7, 11) is 0. The highest BCUT2D eigenvalue weighted by Gasteiger charge is 2.17. The minimum absolute atomic E-state index is 0.287. The van der Waals surface area contributed by atoms with Gasteiger partial charge in [-0.1, -0.05) is 35.0 Å². The third-order valence-corrected chi connectivity index (χ3v) is 2.95. The van der Waals surface area contributed by atoms with E-state index in [0.717, 1.165) is 16.8 Å². The number of ether oxygens (including phenoxy) is 1. The van der Waals surface area contributed by atoms with E-state index in [-0.39, 0.29) is 5.88 Å². The number of nitrogens with two attached hydrogens (primary N) is 1. The molecule has 0 aliphatic rings. The highest BCUT2D eigenvalue weighted by atomic mass is 35.5. The molecule has 18 heavy (non-hydrogen) atoms. The number of aromatic nitrogens is 1. The fourth-order valence-electron chi connectivity index (χ4n) is 1.77. The summed E-state index contributed by atoms with van der Waals surface area (Å²) in [5, 5.41) is 4.60. The lowest BCUT2D eigenvalue weighted by atomic mass is 10.0. The number of rotatable bonds is 5. The lowest BCUT2D eigenvalue weighted by Crippen LogP contribution is -2.00. The van der Waals surface area contributed by atoms with Gasteiger partial charge in [-0.2, -0.15) is 0 Å². The summed E-state index contributed by atoms with van der Waals surface area (Å²) < 4.78 is 10.4. The van der Waals surface area contributed by atoms with Crippen molar-refractivity contribution in [1.82, 2.24) is 5.16 Å². The zero-order valence-corrected chi connectivity index (χ0v) is 10.9. The number of benzene rings is 1. The van der Waals surface area contributed by atoms with E-state index in [1.807, 2.05) is 31.2 Å². The van der Waals surface area contributed by atoms with Crippen LogP contribution in [0.5, 0.6) is 0 Å². The first kappa shape index (κ1) is 12.9. The van der Waals surface area contributed by atoms with E-state index in [2.05, 4.69) is 5.16 Å². The van der Waals surface area contributed by atoms with Crippen LogP contribution >= 0.6 is 11.6 Å². The molecule has 1 aromatic heterocycles. The molecule has 1 heterocycles. The fourth-order valence-corrected chi connectivity index (χ4v) is 2.00. The molecule has 5 heteroatoms. The molecule has 0 saturated carbocycles. The standard InChI is InChI=1S/C13H15ClN2O2/c1-2-17-8-7-11-12(13(15)18-16-11)9-5-3-4-6-10(9)14/h3-6H,2,7-8,15H2,1H3. The van der Waals surface area contributed by atoms with Crippen LogP contribution in [0.15, 0.2) is 28.8 Å². The van der Waals surface area contributed by atoms with Gasteiger partial charge in [0.05, 0.1) is 17.9 Å². The van der Waals surface area contributed by atoms with Gasteiger partial charge in [0.2, 0.25) is 5.88 Å². The van der Waals surface area contributed by atoms with E-state index < -0.39 is 0 Å². The summed E-state index contributed by atoms with van der Waals surface area (Å²) in [6.07, 6.45) is 0.648. The number of nitrogens with zero attached hydrogens (tertiary/aromatic N) is 1. The van der Waals surface area contributed by atoms with Crippen molar-refractivity contribution in [3.05, 3.63) is 35.0 Å². The smallest absolute Gasteiger partial charge is 0.230 e. The minimum atomic E-state index is 0.287. The minimum Gasteiger partial charge on any atom is -0.381 e. The molecule has 0 bridgehead atoms. The molecule has 4 nitrogen and oxygen atoms in total. The van der Waals surface area contributed by atoms with Crippen LogP contribution in [0.2, 0.25) is 5.02 Å². The SMILES string of the molecule is CCOCCc1noc(N)c1-c1ccccc1Cl. The Morgan fingerprint density at radius 1 is 1.39 bits per heavy atom. The van der Waals surface area contributed by atoms with Crippen molar-refractivity contribution < 1.29 is 9.26 Å². The van der Waals surface area contributed by atoms with Gasteiger partial charge in [0.1, 0.15) is 0 Å². The summed E-state index contributed by atoms with van der Waals surface area (Å²) in [5.74, 6) is 0.287. The Morgan fingerprint density at radius 2 is 2.17 bits per heavy atom. The van der Waals surface area contributed by atoms with Crippen molar-refractivity contribution >= 4 is 17.5 Å². The fraction of sp³-hybridized carbons (Fsp3) is 0.308. The number of anilines is 1. The normalized spacial score (nSPS) is 10.8. The Bertz CT molecular complexity index is 525. The topological polar surface area (TPSA) is 61.3 Å². The van der Waals surface area contributed by atoms with Crippen LogP contribution in [-0.2, 0) is 11.2 Å². The van der Waals surface area contributed by atoms with E-state index in [4.69, 9.17) is 26.6 Å². The van der Waals surface area contributed by atoms with Gasteiger partial charge in [0.15, 0.2) is 0 Å². The predicted octanol–water partition coefficient (Wildman–Crippen LogP) is 3.16. The maximum atomic E-state index is 6.16. The zero-order valence-electron chi connectivity index (χ0n) is 10.1. The van der Waals surface area contributed by atoms with Crippen LogP contribution < -0.4 is 5.73 Å². The van der Waals surface area contributed by atoms with Gasteiger partial charge in [-0.05, 0) is 13.0 Å². The van der Waals surface area contributed by atoms with Crippen molar-refractivity contribution in [3.8, 4) is 11.1 Å². The molecular formula is C13H15ClN2O2. The lowest BCUT2D eigenvalue weighted by Gasteiger charge is -2.04. The van der Waals surface area contributed by atoms with Gasteiger partial charge in [-0.15, -0.1) is 0 Å². The molecule has 0 amide bonds. The Balaban J connectivity index is 2.32. The third-order valence-electron chi connectivity index (χ3n) is 2.62. The maximum absolute atomic E-state index is 6.16. The van der Waals surface area contributed by atoms with Crippen molar-refractivity contribution in [1.29, 1.82) is 0 Å². The molecule has 96 valence electrons. The summed E-state index contributed by atoms with van der Waals surface area (Å²) in [6.45, 7) is 3.21. The van der Waals surface area contributed by atoms with Crippen molar-refractivity contribution in [2.24, 2.45) is 0 Å². The van der Waals surface area contributed by atoms with Gasteiger partial charge in [0, 0.05) is 23.6 Å². The van der Waals surface area contributed by atoms with Crippen molar-refractivity contribution in [2.45, 2.75) is 13.3 Å². The number of hydrogen-bond donors (Lipinski definition) is 1. The Labute approximate surface area is 111 Å². The quantitative estimate of drug-likeness (QED) is 0.845. The second kappa shape index (κ2) is 5.89. The molecule has 0 radical (unpaired) electrons. The van der Waals surface area contributed by atoms with E-state index in [0.29, 0.717) is 24.7 Å². The average Bonchev–Trinajstić information content (AvgIpc) is 2.72. The Morgan fingerprint density at radius 3 is 2.89 bits per heavy atom. The van der Waals surface area contributed by atoms with Crippen molar-refractivity contribution in [3.63, 3.8) is 0 Å². The van der Waals surface area contributed by atoms with Crippen LogP contribution in [0.1, 0.15) is 12.6 Å². The van der Waals surface area contributed by atoms with Crippen LogP contribution in [-0.4, -0.2) is 18.4 Å². The number of hydrogen-bond acceptors (Lipinski definition) is 4. The lowest BCUT2D eigenvalue weighted by molar-refractivity contribution is 0.149. The first-order chi connectivity index (χ1) is 8.74. The van der Waals surface area contributed by atoms with Gasteiger partial charge in [-0.25, -0.2) is 0 Å². The van der Waals surface area contributed by atoms with Crippen LogP contribution in [0.3, 0.4) is 0 Å². The number of halogens is 1. The van der Waals surface area contributed by atoms with Crippen LogP contribution in [0.4, 0.5) is 5.88 Å². The second-order valence-corrected chi connectivity index (χ2v) is 4.20. The summed E-state index contributed by atoms with van der Waals surface area (Å²) in [4.78, 5) is 0. The van der Waals surface area contributed by atoms with E-state index in [1.165, 1.54) is 0 Å². The van der Waals surface area contributed by atoms with Gasteiger partial charge >= 0.3 is 0 Å². The summed E-state index contributed by atoms with van der Waals surface area (Å²) in [5.41, 5.74) is 8.19. The van der Waals surface area contributed by atoms with Crippen LogP contribution in [0, 0.1) is 0 Å². The maximum Gasteiger partial charge on any atom is 0.230 e. The average molecular weight is 267 g/mol. The monoisotopic (exact) mass is 266 g/mol. The Hall–Kier alpha value is -1.52. The molecule has 0 spiro atoms. The van der Waals surface area contributed by atoms with Crippen molar-refractivity contribution in [2.75, 3.05) is 18.9 Å². The molecule has 0 saturated heterocycles. The third kappa shape index (κ3) is 2.66. The molecule has 2 N–H and O–H groups in total. The van der Waals surface area contributed by atoms with E-state index in [9.17, 15) is 0 Å². The first-order valence-electron chi connectivity index (χ1n) is 5.80. The molecule has 2 rings (SSSR count). The largest absolute Gasteiger partial charge is 0.381 e. The highest BCUT2D eigenvalue weighted by Crippen LogP contribution is 2.34. The summed E-state index contributed by atoms with van der Waals surface area (Å²) in [6, 6.07) is 7.49. The molecule has 2 aromatic rings. The van der Waals surface area contributed by atoms with Crippen LogP contribution in [0.25, 0.3) is 11.1 Å².